The van der Waals surface area contributed by atoms with E-state index in [1.165, 1.54) is 11.9 Å². The quantitative estimate of drug-likeness (QED) is 0.516. The van der Waals surface area contributed by atoms with E-state index in [4.69, 9.17) is 4.74 Å². The Kier molecular flexibility index (Phi) is 6.06. The number of carbonyl (C=O) groups is 2. The number of urea groups is 1. The molecule has 2 atom stereocenters. The maximum Gasteiger partial charge on any atom is 0.332 e. The number of hydrogen-bond donors (Lipinski definition) is 0. The van der Waals surface area contributed by atoms with Crippen LogP contribution in [-0.2, 0) is 15.1 Å². The van der Waals surface area contributed by atoms with Crippen LogP contribution in [0.3, 0.4) is 0 Å². The summed E-state index contributed by atoms with van der Waals surface area (Å²) in [5, 5.41) is 4.61. The number of imide groups is 1. The maximum absolute atomic E-state index is 15.1. The van der Waals surface area contributed by atoms with E-state index in [0.29, 0.717) is 29.4 Å². The summed E-state index contributed by atoms with van der Waals surface area (Å²) >= 11 is 0. The molecule has 0 N–H and O–H groups in total. The van der Waals surface area contributed by atoms with Gasteiger partial charge in [-0.2, -0.15) is 5.10 Å². The SMILES string of the molecule is CN1C(=O)N(c2c(F)cc(C#Cc3ccccc3)cc2F)C(=O)C[C@@]1(C)c1ccn(C2CCOC2)n1. The van der Waals surface area contributed by atoms with Crippen molar-refractivity contribution in [3.63, 3.8) is 0 Å². The van der Waals surface area contributed by atoms with Crippen molar-refractivity contribution in [2.45, 2.75) is 31.3 Å². The van der Waals surface area contributed by atoms with Gasteiger partial charge in [0.2, 0.25) is 5.91 Å². The lowest BCUT2D eigenvalue weighted by molar-refractivity contribution is -0.122. The third-order valence-electron chi connectivity index (χ3n) is 6.77. The van der Waals surface area contributed by atoms with Crippen molar-refractivity contribution in [3.05, 3.63) is 83.2 Å². The van der Waals surface area contributed by atoms with E-state index >= 15 is 8.78 Å². The van der Waals surface area contributed by atoms with Crippen molar-refractivity contribution in [1.82, 2.24) is 14.7 Å². The van der Waals surface area contributed by atoms with Crippen LogP contribution in [0.15, 0.2) is 54.7 Å². The maximum atomic E-state index is 15.1. The largest absolute Gasteiger partial charge is 0.379 e. The second-order valence-electron chi connectivity index (χ2n) is 9.12. The molecule has 3 heterocycles. The molecule has 184 valence electrons. The number of ether oxygens (including phenoxy) is 1. The topological polar surface area (TPSA) is 67.7 Å². The van der Waals surface area contributed by atoms with Crippen LogP contribution < -0.4 is 4.90 Å². The van der Waals surface area contributed by atoms with E-state index in [9.17, 15) is 9.59 Å². The molecule has 5 rings (SSSR count). The summed E-state index contributed by atoms with van der Waals surface area (Å²) in [7, 11) is 1.50. The minimum absolute atomic E-state index is 0.0887. The fourth-order valence-corrected chi connectivity index (χ4v) is 4.52. The lowest BCUT2D eigenvalue weighted by Crippen LogP contribution is -2.60. The van der Waals surface area contributed by atoms with E-state index in [2.05, 4.69) is 16.9 Å². The zero-order valence-corrected chi connectivity index (χ0v) is 19.9. The van der Waals surface area contributed by atoms with Crippen molar-refractivity contribution in [1.29, 1.82) is 0 Å². The fraction of sp³-hybridized carbons (Fsp3) is 0.296. The van der Waals surface area contributed by atoms with Gasteiger partial charge < -0.3 is 9.64 Å². The molecule has 2 aliphatic rings. The Balaban J connectivity index is 1.42. The summed E-state index contributed by atoms with van der Waals surface area (Å²) in [6.07, 6.45) is 2.43. The van der Waals surface area contributed by atoms with Gasteiger partial charge in [0.1, 0.15) is 5.69 Å². The number of amides is 3. The van der Waals surface area contributed by atoms with Crippen LogP contribution in [0.2, 0.25) is 0 Å². The average molecular weight is 491 g/mol. The number of carbonyl (C=O) groups excluding carboxylic acids is 2. The van der Waals surface area contributed by atoms with Gasteiger partial charge in [0, 0.05) is 31.0 Å². The molecule has 2 fully saturated rings. The first-order chi connectivity index (χ1) is 17.3. The standard InChI is InChI=1S/C27H24F2N4O3/c1-27(23-10-12-32(30-23)20-11-13-36-17-20)16-24(34)33(26(35)31(27)2)25-21(28)14-19(15-22(25)29)9-8-18-6-4-3-5-7-18/h3-7,10,12,14-15,20H,11,13,16-17H2,1-2H3/t20?,27-/m0/s1. The molecule has 9 heteroatoms. The van der Waals surface area contributed by atoms with Crippen molar-refractivity contribution in [2.24, 2.45) is 0 Å². The molecule has 3 aromatic rings. The summed E-state index contributed by atoms with van der Waals surface area (Å²) in [6, 6.07) is 12.0. The van der Waals surface area contributed by atoms with Crippen molar-refractivity contribution in [2.75, 3.05) is 25.2 Å². The fourth-order valence-electron chi connectivity index (χ4n) is 4.52. The molecule has 3 amide bonds. The summed E-state index contributed by atoms with van der Waals surface area (Å²) in [4.78, 5) is 28.3. The lowest BCUT2D eigenvalue weighted by Gasteiger charge is -2.44. The number of nitrogens with zero attached hydrogens (tertiary/aromatic N) is 4. The van der Waals surface area contributed by atoms with Gasteiger partial charge in [0.05, 0.1) is 30.3 Å². The first kappa shape index (κ1) is 23.7. The number of halogens is 2. The molecule has 36 heavy (non-hydrogen) atoms. The van der Waals surface area contributed by atoms with Crippen molar-refractivity contribution in [3.8, 4) is 11.8 Å². The number of hydrogen-bond acceptors (Lipinski definition) is 4. The molecule has 0 radical (unpaired) electrons. The first-order valence-electron chi connectivity index (χ1n) is 11.6. The molecule has 0 spiro atoms. The van der Waals surface area contributed by atoms with Crippen LogP contribution in [0.1, 0.15) is 42.6 Å². The third-order valence-corrected chi connectivity index (χ3v) is 6.77. The van der Waals surface area contributed by atoms with Crippen LogP contribution in [0, 0.1) is 23.5 Å². The zero-order valence-electron chi connectivity index (χ0n) is 19.9. The van der Waals surface area contributed by atoms with Crippen LogP contribution >= 0.6 is 0 Å². The zero-order chi connectivity index (χ0) is 25.4. The molecule has 2 aliphatic heterocycles. The predicted molar refractivity (Wildman–Crippen MR) is 128 cm³/mol. The van der Waals surface area contributed by atoms with Gasteiger partial charge in [0.25, 0.3) is 0 Å². The van der Waals surface area contributed by atoms with Gasteiger partial charge in [-0.15, -0.1) is 0 Å². The smallest absolute Gasteiger partial charge is 0.332 e. The first-order valence-corrected chi connectivity index (χ1v) is 11.6. The second-order valence-corrected chi connectivity index (χ2v) is 9.12. The van der Waals surface area contributed by atoms with Gasteiger partial charge in [-0.25, -0.2) is 18.5 Å². The van der Waals surface area contributed by atoms with Crippen LogP contribution in [0.4, 0.5) is 19.3 Å². The molecule has 0 bridgehead atoms. The molecule has 0 aliphatic carbocycles. The highest BCUT2D eigenvalue weighted by molar-refractivity contribution is 6.16. The predicted octanol–water partition coefficient (Wildman–Crippen LogP) is 4.23. The Morgan fingerprint density at radius 1 is 1.06 bits per heavy atom. The molecule has 0 saturated carbocycles. The third kappa shape index (κ3) is 4.14. The Morgan fingerprint density at radius 3 is 2.42 bits per heavy atom. The van der Waals surface area contributed by atoms with Crippen molar-refractivity contribution < 1.29 is 23.1 Å². The molecule has 2 saturated heterocycles. The Labute approximate surface area is 207 Å². The van der Waals surface area contributed by atoms with Crippen molar-refractivity contribution >= 4 is 17.6 Å². The van der Waals surface area contributed by atoms with E-state index in [1.807, 2.05) is 6.07 Å². The lowest BCUT2D eigenvalue weighted by atomic mass is 9.89. The summed E-state index contributed by atoms with van der Waals surface area (Å²) < 4.78 is 37.4. The molecule has 1 aromatic heterocycles. The number of benzene rings is 2. The Hall–Kier alpha value is -4.03. The van der Waals surface area contributed by atoms with Gasteiger partial charge in [-0.1, -0.05) is 30.0 Å². The number of rotatable bonds is 3. The Bertz CT molecular complexity index is 1370. The van der Waals surface area contributed by atoms with E-state index in [0.717, 1.165) is 18.6 Å². The van der Waals surface area contributed by atoms with Crippen LogP contribution in [0.5, 0.6) is 0 Å². The molecular weight excluding hydrogens is 466 g/mol. The normalized spacial score (nSPS) is 22.1. The minimum atomic E-state index is -1.08. The monoisotopic (exact) mass is 490 g/mol. The molecule has 1 unspecified atom stereocenters. The van der Waals surface area contributed by atoms with E-state index < -0.39 is 34.8 Å². The van der Waals surface area contributed by atoms with Gasteiger partial charge in [0.15, 0.2) is 11.6 Å². The molecular formula is C27H24F2N4O3. The van der Waals surface area contributed by atoms with Crippen LogP contribution in [-0.4, -0.2) is 46.9 Å². The van der Waals surface area contributed by atoms with Gasteiger partial charge in [-0.05, 0) is 43.7 Å². The van der Waals surface area contributed by atoms with E-state index in [-0.39, 0.29) is 18.0 Å². The number of anilines is 1. The summed E-state index contributed by atoms with van der Waals surface area (Å²) in [6.45, 7) is 2.91. The van der Waals surface area contributed by atoms with E-state index in [1.54, 1.807) is 48.1 Å². The minimum Gasteiger partial charge on any atom is -0.379 e. The highest BCUT2D eigenvalue weighted by Crippen LogP contribution is 2.38. The Morgan fingerprint density at radius 2 is 1.75 bits per heavy atom. The molecule has 7 nitrogen and oxygen atoms in total. The van der Waals surface area contributed by atoms with Crippen LogP contribution in [0.25, 0.3) is 0 Å². The highest BCUT2D eigenvalue weighted by atomic mass is 19.1. The van der Waals surface area contributed by atoms with Gasteiger partial charge >= 0.3 is 6.03 Å². The second kappa shape index (κ2) is 9.21. The summed E-state index contributed by atoms with van der Waals surface area (Å²) in [5.41, 5.74) is -0.492. The average Bonchev–Trinajstić information content (AvgIpc) is 3.56. The highest BCUT2D eigenvalue weighted by Gasteiger charge is 2.49. The molecule has 2 aromatic carbocycles. The number of aromatic nitrogens is 2. The summed E-state index contributed by atoms with van der Waals surface area (Å²) in [5.74, 6) is 2.74. The van der Waals surface area contributed by atoms with Gasteiger partial charge in [-0.3, -0.25) is 9.48 Å².